The number of para-hydroxylation sites is 1. The number of amides is 1. The van der Waals surface area contributed by atoms with Gasteiger partial charge < -0.3 is 19.4 Å². The number of esters is 1. The molecule has 1 aliphatic heterocycles. The summed E-state index contributed by atoms with van der Waals surface area (Å²) >= 11 is 0. The number of nitrogens with one attached hydrogen (secondary N) is 1. The highest BCUT2D eigenvalue weighted by atomic mass is 16.5. The van der Waals surface area contributed by atoms with E-state index < -0.39 is 11.5 Å². The number of ether oxygens (including phenoxy) is 2. The van der Waals surface area contributed by atoms with Crippen LogP contribution in [0.25, 0.3) is 10.9 Å². The zero-order valence-corrected chi connectivity index (χ0v) is 13.3. The van der Waals surface area contributed by atoms with Crippen molar-refractivity contribution in [1.82, 2.24) is 9.88 Å². The van der Waals surface area contributed by atoms with Crippen molar-refractivity contribution in [2.45, 2.75) is 13.0 Å². The number of hydrogen-bond acceptors (Lipinski definition) is 5. The highest BCUT2D eigenvalue weighted by Crippen LogP contribution is 2.15. The first-order chi connectivity index (χ1) is 11.5. The molecule has 1 N–H and O–H groups in total. The van der Waals surface area contributed by atoms with Crippen molar-refractivity contribution in [1.29, 1.82) is 0 Å². The first-order valence-corrected chi connectivity index (χ1v) is 7.73. The first-order valence-electron chi connectivity index (χ1n) is 7.73. The summed E-state index contributed by atoms with van der Waals surface area (Å²) in [5.74, 6) is -0.959. The fraction of sp³-hybridized carbons (Fsp3) is 0.353. The van der Waals surface area contributed by atoms with Gasteiger partial charge in [0.2, 0.25) is 5.56 Å². The van der Waals surface area contributed by atoms with Gasteiger partial charge in [-0.05, 0) is 13.0 Å². The predicted octanol–water partition coefficient (Wildman–Crippen LogP) is 0.932. The Bertz CT molecular complexity index is 829. The summed E-state index contributed by atoms with van der Waals surface area (Å²) in [6.07, 6.45) is -0.0324. The summed E-state index contributed by atoms with van der Waals surface area (Å²) in [6.45, 7) is 2.96. The molecule has 24 heavy (non-hydrogen) atoms. The van der Waals surface area contributed by atoms with E-state index in [2.05, 4.69) is 4.98 Å². The third kappa shape index (κ3) is 3.46. The molecule has 1 fully saturated rings. The van der Waals surface area contributed by atoms with Crippen LogP contribution in [0.5, 0.6) is 0 Å². The molecule has 0 spiro atoms. The Morgan fingerprint density at radius 2 is 2.17 bits per heavy atom. The largest absolute Gasteiger partial charge is 0.452 e. The minimum Gasteiger partial charge on any atom is -0.452 e. The van der Waals surface area contributed by atoms with E-state index in [1.165, 1.54) is 6.07 Å². The van der Waals surface area contributed by atoms with Gasteiger partial charge in [-0.15, -0.1) is 0 Å². The SMILES string of the molecule is C[C@@H]1CN(C(=O)COC(=O)c2cc(=O)[nH]c3ccccc23)CCO1. The van der Waals surface area contributed by atoms with Crippen LogP contribution in [0.1, 0.15) is 17.3 Å². The number of fused-ring (bicyclic) bond motifs is 1. The Morgan fingerprint density at radius 3 is 2.96 bits per heavy atom. The highest BCUT2D eigenvalue weighted by Gasteiger charge is 2.23. The van der Waals surface area contributed by atoms with Crippen molar-refractivity contribution in [3.63, 3.8) is 0 Å². The van der Waals surface area contributed by atoms with Gasteiger partial charge in [-0.3, -0.25) is 9.59 Å². The monoisotopic (exact) mass is 330 g/mol. The maximum Gasteiger partial charge on any atom is 0.339 e. The lowest BCUT2D eigenvalue weighted by Gasteiger charge is -2.30. The number of hydrogen-bond donors (Lipinski definition) is 1. The fourth-order valence-electron chi connectivity index (χ4n) is 2.71. The number of rotatable bonds is 3. The lowest BCUT2D eigenvalue weighted by atomic mass is 10.1. The lowest BCUT2D eigenvalue weighted by Crippen LogP contribution is -2.46. The van der Waals surface area contributed by atoms with Gasteiger partial charge >= 0.3 is 5.97 Å². The molecule has 0 saturated carbocycles. The van der Waals surface area contributed by atoms with Crippen molar-refractivity contribution in [3.8, 4) is 0 Å². The molecule has 1 saturated heterocycles. The molecule has 7 heteroatoms. The van der Waals surface area contributed by atoms with Crippen LogP contribution in [0.4, 0.5) is 0 Å². The number of carbonyl (C=O) groups excluding carboxylic acids is 2. The van der Waals surface area contributed by atoms with Crippen LogP contribution in [0.2, 0.25) is 0 Å². The fourth-order valence-corrected chi connectivity index (χ4v) is 2.71. The second-order valence-corrected chi connectivity index (χ2v) is 5.69. The van der Waals surface area contributed by atoms with Crippen LogP contribution >= 0.6 is 0 Å². The van der Waals surface area contributed by atoms with Crippen molar-refractivity contribution in [2.75, 3.05) is 26.3 Å². The lowest BCUT2D eigenvalue weighted by molar-refractivity contribution is -0.141. The number of morpholine rings is 1. The van der Waals surface area contributed by atoms with Crippen molar-refractivity contribution >= 4 is 22.8 Å². The van der Waals surface area contributed by atoms with Gasteiger partial charge in [0.25, 0.3) is 5.91 Å². The predicted molar refractivity (Wildman–Crippen MR) is 86.8 cm³/mol. The van der Waals surface area contributed by atoms with Crippen molar-refractivity contribution < 1.29 is 19.1 Å². The van der Waals surface area contributed by atoms with Crippen molar-refractivity contribution in [3.05, 3.63) is 46.2 Å². The maximum atomic E-state index is 12.3. The van der Waals surface area contributed by atoms with Crippen LogP contribution in [0, 0.1) is 0 Å². The van der Waals surface area contributed by atoms with E-state index in [0.29, 0.717) is 30.6 Å². The van der Waals surface area contributed by atoms with Gasteiger partial charge in [0.05, 0.1) is 18.3 Å². The average Bonchev–Trinajstić information content (AvgIpc) is 2.58. The maximum absolute atomic E-state index is 12.3. The van der Waals surface area contributed by atoms with E-state index in [9.17, 15) is 14.4 Å². The summed E-state index contributed by atoms with van der Waals surface area (Å²) in [5, 5.41) is 0.578. The second kappa shape index (κ2) is 6.84. The van der Waals surface area contributed by atoms with E-state index in [4.69, 9.17) is 9.47 Å². The standard InChI is InChI=1S/C17H18N2O5/c1-11-9-19(6-7-23-11)16(21)10-24-17(22)13-8-15(20)18-14-5-3-2-4-12(13)14/h2-5,8,11H,6-7,9-10H2,1H3,(H,18,20)/t11-/m1/s1. The zero-order valence-electron chi connectivity index (χ0n) is 13.3. The summed E-state index contributed by atoms with van der Waals surface area (Å²) in [7, 11) is 0. The van der Waals surface area contributed by atoms with Gasteiger partial charge in [-0.2, -0.15) is 0 Å². The van der Waals surface area contributed by atoms with Gasteiger partial charge in [0.1, 0.15) is 0 Å². The molecule has 1 atom stereocenters. The number of aromatic amines is 1. The van der Waals surface area contributed by atoms with Crippen LogP contribution in [0.3, 0.4) is 0 Å². The molecule has 1 aromatic carbocycles. The van der Waals surface area contributed by atoms with Crippen molar-refractivity contribution in [2.24, 2.45) is 0 Å². The smallest absolute Gasteiger partial charge is 0.339 e. The van der Waals surface area contributed by atoms with E-state index >= 15 is 0 Å². The summed E-state index contributed by atoms with van der Waals surface area (Å²) in [4.78, 5) is 40.4. The molecule has 126 valence electrons. The Hall–Kier alpha value is -2.67. The molecule has 1 aromatic heterocycles. The molecule has 0 radical (unpaired) electrons. The summed E-state index contributed by atoms with van der Waals surface area (Å²) in [6, 6.07) is 8.13. The molecule has 0 aliphatic carbocycles. The minimum atomic E-state index is -0.688. The molecule has 7 nitrogen and oxygen atoms in total. The van der Waals surface area contributed by atoms with E-state index in [1.807, 2.05) is 6.92 Å². The molecule has 0 bridgehead atoms. The zero-order chi connectivity index (χ0) is 17.1. The normalized spacial score (nSPS) is 17.7. The van der Waals surface area contributed by atoms with Crippen LogP contribution in [0.15, 0.2) is 35.1 Å². The Labute approximate surface area is 138 Å². The van der Waals surface area contributed by atoms with E-state index in [1.54, 1.807) is 29.2 Å². The Morgan fingerprint density at radius 1 is 1.38 bits per heavy atom. The van der Waals surface area contributed by atoms with E-state index in [-0.39, 0.29) is 24.2 Å². The third-order valence-corrected chi connectivity index (χ3v) is 3.89. The average molecular weight is 330 g/mol. The Kier molecular flexibility index (Phi) is 4.61. The minimum absolute atomic E-state index is 0.0324. The molecular formula is C17H18N2O5. The van der Waals surface area contributed by atoms with Gasteiger partial charge in [0, 0.05) is 30.1 Å². The second-order valence-electron chi connectivity index (χ2n) is 5.69. The quantitative estimate of drug-likeness (QED) is 0.846. The number of H-pyrrole nitrogens is 1. The molecule has 0 unspecified atom stereocenters. The number of aromatic nitrogens is 1. The highest BCUT2D eigenvalue weighted by molar-refractivity contribution is 6.03. The molecule has 2 heterocycles. The van der Waals surface area contributed by atoms with E-state index in [0.717, 1.165) is 0 Å². The van der Waals surface area contributed by atoms with Gasteiger partial charge in [-0.25, -0.2) is 4.79 Å². The molecule has 1 amide bonds. The van der Waals surface area contributed by atoms with Crippen LogP contribution < -0.4 is 5.56 Å². The third-order valence-electron chi connectivity index (χ3n) is 3.89. The van der Waals surface area contributed by atoms with Crippen LogP contribution in [-0.2, 0) is 14.3 Å². The molecule has 2 aromatic rings. The number of benzene rings is 1. The Balaban J connectivity index is 1.71. The number of carbonyl (C=O) groups is 2. The summed E-state index contributed by atoms with van der Waals surface area (Å²) in [5.41, 5.74) is 0.303. The van der Waals surface area contributed by atoms with Gasteiger partial charge in [-0.1, -0.05) is 18.2 Å². The van der Waals surface area contributed by atoms with Gasteiger partial charge in [0.15, 0.2) is 6.61 Å². The molecule has 3 rings (SSSR count). The first kappa shape index (κ1) is 16.2. The number of pyridine rings is 1. The summed E-state index contributed by atoms with van der Waals surface area (Å²) < 4.78 is 10.5. The molecular weight excluding hydrogens is 312 g/mol. The molecule has 1 aliphatic rings. The topological polar surface area (TPSA) is 88.7 Å². The van der Waals surface area contributed by atoms with Crippen LogP contribution in [-0.4, -0.2) is 54.2 Å². The number of nitrogens with zero attached hydrogens (tertiary/aromatic N) is 1.